The number of nitrogens with zero attached hydrogens (tertiary/aromatic N) is 2. The summed E-state index contributed by atoms with van der Waals surface area (Å²) in [6, 6.07) is 12.8. The van der Waals surface area contributed by atoms with Crippen LogP contribution < -0.4 is 10.9 Å². The molecule has 0 unspecified atom stereocenters. The van der Waals surface area contributed by atoms with Crippen molar-refractivity contribution < 1.29 is 9.18 Å². The SMILES string of the molecule is C=CCn1c(=O)c2cnccc2c2ccc(C(=O)N[C@H](C)c3ccc(F)cc3)cc21. The Bertz CT molecular complexity index is 1330. The van der Waals surface area contributed by atoms with Crippen LogP contribution in [0.5, 0.6) is 0 Å². The van der Waals surface area contributed by atoms with Crippen LogP contribution in [0.4, 0.5) is 4.39 Å². The Hall–Kier alpha value is -3.80. The van der Waals surface area contributed by atoms with Crippen LogP contribution in [-0.2, 0) is 6.54 Å². The van der Waals surface area contributed by atoms with E-state index in [0.717, 1.165) is 16.3 Å². The number of allylic oxidation sites excluding steroid dienone is 1. The van der Waals surface area contributed by atoms with Crippen molar-refractivity contribution in [1.82, 2.24) is 14.9 Å². The molecule has 0 saturated heterocycles. The molecule has 5 nitrogen and oxygen atoms in total. The average molecular weight is 401 g/mol. The van der Waals surface area contributed by atoms with E-state index in [2.05, 4.69) is 16.9 Å². The molecule has 30 heavy (non-hydrogen) atoms. The first-order valence-corrected chi connectivity index (χ1v) is 9.57. The number of carbonyl (C=O) groups is 1. The summed E-state index contributed by atoms with van der Waals surface area (Å²) in [4.78, 5) is 29.9. The number of carbonyl (C=O) groups excluding carboxylic acids is 1. The second-order valence-corrected chi connectivity index (χ2v) is 7.10. The Balaban J connectivity index is 1.77. The van der Waals surface area contributed by atoms with Crippen molar-refractivity contribution in [1.29, 1.82) is 0 Å². The minimum atomic E-state index is -0.325. The zero-order chi connectivity index (χ0) is 21.3. The minimum Gasteiger partial charge on any atom is -0.346 e. The number of pyridine rings is 2. The summed E-state index contributed by atoms with van der Waals surface area (Å²) in [6.07, 6.45) is 4.85. The maximum absolute atomic E-state index is 13.1. The second kappa shape index (κ2) is 7.91. The van der Waals surface area contributed by atoms with Gasteiger partial charge in [-0.1, -0.05) is 24.3 Å². The monoisotopic (exact) mass is 401 g/mol. The van der Waals surface area contributed by atoms with Crippen LogP contribution in [0.15, 0.2) is 78.4 Å². The topological polar surface area (TPSA) is 64.0 Å². The molecular formula is C24H20FN3O2. The first kappa shape index (κ1) is 19.5. The lowest BCUT2D eigenvalue weighted by Crippen LogP contribution is -2.27. The van der Waals surface area contributed by atoms with E-state index in [0.29, 0.717) is 23.0 Å². The number of hydrogen-bond donors (Lipinski definition) is 1. The van der Waals surface area contributed by atoms with Crippen LogP contribution in [0.25, 0.3) is 21.7 Å². The summed E-state index contributed by atoms with van der Waals surface area (Å²) in [5.74, 6) is -0.601. The van der Waals surface area contributed by atoms with E-state index in [4.69, 9.17) is 0 Å². The molecule has 2 aromatic carbocycles. The normalized spacial score (nSPS) is 12.1. The highest BCUT2D eigenvalue weighted by Crippen LogP contribution is 2.24. The molecule has 0 saturated carbocycles. The fourth-order valence-corrected chi connectivity index (χ4v) is 3.60. The number of amides is 1. The third kappa shape index (κ3) is 3.48. The Morgan fingerprint density at radius 2 is 1.93 bits per heavy atom. The summed E-state index contributed by atoms with van der Waals surface area (Å²) in [6.45, 7) is 5.89. The van der Waals surface area contributed by atoms with Crippen LogP contribution in [0, 0.1) is 5.82 Å². The molecule has 1 amide bonds. The Morgan fingerprint density at radius 1 is 1.17 bits per heavy atom. The van der Waals surface area contributed by atoms with Gasteiger partial charge in [-0.15, -0.1) is 6.58 Å². The quantitative estimate of drug-likeness (QED) is 0.399. The van der Waals surface area contributed by atoms with Crippen molar-refractivity contribution in [3.63, 3.8) is 0 Å². The molecule has 1 N–H and O–H groups in total. The molecule has 150 valence electrons. The molecule has 1 atom stereocenters. The Morgan fingerprint density at radius 3 is 2.67 bits per heavy atom. The van der Waals surface area contributed by atoms with Crippen LogP contribution in [-0.4, -0.2) is 15.5 Å². The molecule has 4 aromatic rings. The van der Waals surface area contributed by atoms with Crippen molar-refractivity contribution >= 4 is 27.6 Å². The number of halogens is 1. The summed E-state index contributed by atoms with van der Waals surface area (Å²) >= 11 is 0. The van der Waals surface area contributed by atoms with Crippen molar-refractivity contribution in [2.45, 2.75) is 19.5 Å². The molecule has 2 heterocycles. The summed E-state index contributed by atoms with van der Waals surface area (Å²) in [5.41, 5.74) is 1.71. The minimum absolute atomic E-state index is 0.178. The van der Waals surface area contributed by atoms with E-state index in [1.807, 2.05) is 13.0 Å². The fourth-order valence-electron chi connectivity index (χ4n) is 3.60. The average Bonchev–Trinajstić information content (AvgIpc) is 2.76. The molecule has 0 bridgehead atoms. The van der Waals surface area contributed by atoms with Gasteiger partial charge in [0.25, 0.3) is 11.5 Å². The summed E-state index contributed by atoms with van der Waals surface area (Å²) in [5, 5.41) is 5.09. The second-order valence-electron chi connectivity index (χ2n) is 7.10. The first-order valence-electron chi connectivity index (χ1n) is 9.57. The van der Waals surface area contributed by atoms with E-state index in [1.54, 1.807) is 53.4 Å². The molecular weight excluding hydrogens is 381 g/mol. The summed E-state index contributed by atoms with van der Waals surface area (Å²) in [7, 11) is 0. The van der Waals surface area contributed by atoms with Crippen molar-refractivity contribution in [2.75, 3.05) is 0 Å². The highest BCUT2D eigenvalue weighted by Gasteiger charge is 2.15. The standard InChI is InChI=1S/C24H20FN3O2/c1-3-12-28-22-13-17(23(29)27-15(2)16-4-7-18(25)8-5-16)6-9-20(22)19-10-11-26-14-21(19)24(28)30/h3-11,13-15H,1,12H2,2H3,(H,27,29)/t15-/m1/s1. The highest BCUT2D eigenvalue weighted by atomic mass is 19.1. The smallest absolute Gasteiger partial charge is 0.260 e. The third-order valence-electron chi connectivity index (χ3n) is 5.17. The van der Waals surface area contributed by atoms with Gasteiger partial charge in [0.1, 0.15) is 5.82 Å². The zero-order valence-corrected chi connectivity index (χ0v) is 16.4. The van der Waals surface area contributed by atoms with E-state index in [-0.39, 0.29) is 23.3 Å². The lowest BCUT2D eigenvalue weighted by molar-refractivity contribution is 0.0940. The molecule has 0 aliphatic heterocycles. The molecule has 0 spiro atoms. The van der Waals surface area contributed by atoms with Gasteiger partial charge in [-0.2, -0.15) is 0 Å². The largest absolute Gasteiger partial charge is 0.346 e. The lowest BCUT2D eigenvalue weighted by atomic mass is 10.0. The Labute approximate surface area is 172 Å². The van der Waals surface area contributed by atoms with Gasteiger partial charge in [0.05, 0.1) is 16.9 Å². The van der Waals surface area contributed by atoms with E-state index >= 15 is 0 Å². The van der Waals surface area contributed by atoms with Crippen LogP contribution in [0.3, 0.4) is 0 Å². The number of rotatable bonds is 5. The highest BCUT2D eigenvalue weighted by molar-refractivity contribution is 6.07. The zero-order valence-electron chi connectivity index (χ0n) is 16.4. The predicted octanol–water partition coefficient (Wildman–Crippen LogP) is 4.37. The maximum Gasteiger partial charge on any atom is 0.260 e. The number of fused-ring (bicyclic) bond motifs is 3. The molecule has 0 aliphatic carbocycles. The molecule has 0 radical (unpaired) electrons. The van der Waals surface area contributed by atoms with Crippen molar-refractivity contribution in [3.8, 4) is 0 Å². The molecule has 0 aliphatic rings. The lowest BCUT2D eigenvalue weighted by Gasteiger charge is -2.16. The predicted molar refractivity (Wildman–Crippen MR) is 116 cm³/mol. The van der Waals surface area contributed by atoms with Gasteiger partial charge in [-0.3, -0.25) is 14.6 Å². The van der Waals surface area contributed by atoms with Gasteiger partial charge in [0.2, 0.25) is 0 Å². The maximum atomic E-state index is 13.1. The van der Waals surface area contributed by atoms with Gasteiger partial charge in [0.15, 0.2) is 0 Å². The number of nitrogens with one attached hydrogen (secondary N) is 1. The van der Waals surface area contributed by atoms with Gasteiger partial charge in [0, 0.05) is 29.9 Å². The molecule has 0 fully saturated rings. The third-order valence-corrected chi connectivity index (χ3v) is 5.17. The molecule has 4 rings (SSSR count). The van der Waals surface area contributed by atoms with Crippen LogP contribution in [0.1, 0.15) is 28.9 Å². The van der Waals surface area contributed by atoms with Gasteiger partial charge in [-0.05, 0) is 48.2 Å². The number of aromatic nitrogens is 2. The van der Waals surface area contributed by atoms with E-state index in [1.165, 1.54) is 12.1 Å². The van der Waals surface area contributed by atoms with Crippen LogP contribution in [0.2, 0.25) is 0 Å². The van der Waals surface area contributed by atoms with Gasteiger partial charge in [-0.25, -0.2) is 4.39 Å². The van der Waals surface area contributed by atoms with E-state index < -0.39 is 0 Å². The van der Waals surface area contributed by atoms with Crippen LogP contribution >= 0.6 is 0 Å². The Kier molecular flexibility index (Phi) is 5.14. The van der Waals surface area contributed by atoms with Crippen molar-refractivity contribution in [2.24, 2.45) is 0 Å². The number of benzene rings is 2. The fraction of sp³-hybridized carbons (Fsp3) is 0.125. The molecule has 6 heteroatoms. The van der Waals surface area contributed by atoms with Gasteiger partial charge >= 0.3 is 0 Å². The van der Waals surface area contributed by atoms with Crippen molar-refractivity contribution in [3.05, 3.63) is 101 Å². The summed E-state index contributed by atoms with van der Waals surface area (Å²) < 4.78 is 14.7. The van der Waals surface area contributed by atoms with E-state index in [9.17, 15) is 14.0 Å². The first-order chi connectivity index (χ1) is 14.5. The molecule has 2 aromatic heterocycles. The van der Waals surface area contributed by atoms with Gasteiger partial charge < -0.3 is 9.88 Å². The number of hydrogen-bond acceptors (Lipinski definition) is 3.